The first-order chi connectivity index (χ1) is 11.2. The number of aryl methyl sites for hydroxylation is 1. The van der Waals surface area contributed by atoms with Gasteiger partial charge in [-0.3, -0.25) is 4.79 Å². The van der Waals surface area contributed by atoms with Gasteiger partial charge in [-0.15, -0.1) is 0 Å². The molecule has 6 heteroatoms. The van der Waals surface area contributed by atoms with Crippen LogP contribution in [-0.2, 0) is 16.0 Å². The third-order valence-corrected chi connectivity index (χ3v) is 5.65. The number of H-pyrrole nitrogens is 1. The molecule has 2 fully saturated rings. The molecule has 1 aliphatic carbocycles. The van der Waals surface area contributed by atoms with Gasteiger partial charge >= 0.3 is 5.97 Å². The number of aromatic nitrogens is 3. The van der Waals surface area contributed by atoms with Crippen LogP contribution in [0.4, 0.5) is 5.82 Å². The van der Waals surface area contributed by atoms with Crippen molar-refractivity contribution in [2.45, 2.75) is 32.6 Å². The molecule has 1 atom stereocenters. The molecule has 4 rings (SSSR count). The van der Waals surface area contributed by atoms with E-state index in [9.17, 15) is 4.79 Å². The molecule has 0 amide bonds. The maximum atomic E-state index is 11.8. The molecule has 3 heterocycles. The van der Waals surface area contributed by atoms with Crippen LogP contribution >= 0.6 is 0 Å². The molecule has 6 nitrogen and oxygen atoms in total. The van der Waals surface area contributed by atoms with E-state index in [4.69, 9.17) is 4.74 Å². The highest BCUT2D eigenvalue weighted by Gasteiger charge is 2.59. The summed E-state index contributed by atoms with van der Waals surface area (Å²) >= 11 is 0. The van der Waals surface area contributed by atoms with Crippen molar-refractivity contribution in [3.63, 3.8) is 0 Å². The van der Waals surface area contributed by atoms with Crippen molar-refractivity contribution in [3.05, 3.63) is 18.1 Å². The summed E-state index contributed by atoms with van der Waals surface area (Å²) in [6, 6.07) is 0. The van der Waals surface area contributed by atoms with Gasteiger partial charge in [0, 0.05) is 19.3 Å². The van der Waals surface area contributed by atoms with Crippen molar-refractivity contribution in [2.24, 2.45) is 11.3 Å². The lowest BCUT2D eigenvalue weighted by atomic mass is 9.90. The van der Waals surface area contributed by atoms with E-state index in [0.717, 1.165) is 55.6 Å². The molecule has 1 saturated heterocycles. The summed E-state index contributed by atoms with van der Waals surface area (Å²) in [6.07, 6.45) is 7.67. The van der Waals surface area contributed by atoms with E-state index in [1.165, 1.54) is 12.7 Å². The van der Waals surface area contributed by atoms with Crippen LogP contribution in [0, 0.1) is 11.3 Å². The number of esters is 1. The third kappa shape index (κ3) is 2.19. The Kier molecular flexibility index (Phi) is 3.28. The Morgan fingerprint density at radius 1 is 1.43 bits per heavy atom. The van der Waals surface area contributed by atoms with E-state index in [-0.39, 0.29) is 17.3 Å². The SMILES string of the molecule is CCc1c[nH]c2ncnc(N3CCC4(CC3)CC4C(=O)OC)c12. The first kappa shape index (κ1) is 14.5. The van der Waals surface area contributed by atoms with Crippen LogP contribution in [0.25, 0.3) is 11.0 Å². The maximum Gasteiger partial charge on any atom is 0.309 e. The lowest BCUT2D eigenvalue weighted by Gasteiger charge is -2.33. The quantitative estimate of drug-likeness (QED) is 0.880. The molecule has 0 radical (unpaired) electrons. The minimum Gasteiger partial charge on any atom is -0.469 e. The summed E-state index contributed by atoms with van der Waals surface area (Å²) < 4.78 is 4.91. The van der Waals surface area contributed by atoms with Crippen molar-refractivity contribution in [2.75, 3.05) is 25.1 Å². The summed E-state index contributed by atoms with van der Waals surface area (Å²) in [5, 5.41) is 1.14. The smallest absolute Gasteiger partial charge is 0.309 e. The molecule has 1 unspecified atom stereocenters. The van der Waals surface area contributed by atoms with Crippen molar-refractivity contribution in [1.82, 2.24) is 15.0 Å². The zero-order chi connectivity index (χ0) is 16.0. The van der Waals surface area contributed by atoms with E-state index < -0.39 is 0 Å². The highest BCUT2D eigenvalue weighted by atomic mass is 16.5. The van der Waals surface area contributed by atoms with E-state index in [2.05, 4.69) is 26.8 Å². The van der Waals surface area contributed by atoms with E-state index >= 15 is 0 Å². The minimum atomic E-state index is -0.0400. The van der Waals surface area contributed by atoms with Crippen LogP contribution < -0.4 is 4.90 Å². The molecule has 1 spiro atoms. The number of rotatable bonds is 3. The second-order valence-electron chi connectivity index (χ2n) is 6.72. The maximum absolute atomic E-state index is 11.8. The molecule has 23 heavy (non-hydrogen) atoms. The number of carbonyl (C=O) groups is 1. The third-order valence-electron chi connectivity index (χ3n) is 5.65. The van der Waals surface area contributed by atoms with Crippen LogP contribution in [0.5, 0.6) is 0 Å². The van der Waals surface area contributed by atoms with E-state index in [0.29, 0.717) is 0 Å². The molecule has 2 aromatic rings. The normalized spacial score (nSPS) is 22.5. The van der Waals surface area contributed by atoms with Gasteiger partial charge in [0.05, 0.1) is 18.4 Å². The Morgan fingerprint density at radius 3 is 2.91 bits per heavy atom. The fraction of sp³-hybridized carbons (Fsp3) is 0.588. The van der Waals surface area contributed by atoms with Gasteiger partial charge in [0.1, 0.15) is 17.8 Å². The zero-order valence-corrected chi connectivity index (χ0v) is 13.6. The fourth-order valence-electron chi connectivity index (χ4n) is 4.07. The van der Waals surface area contributed by atoms with Gasteiger partial charge in [0.25, 0.3) is 0 Å². The number of nitrogens with zero attached hydrogens (tertiary/aromatic N) is 3. The second-order valence-corrected chi connectivity index (χ2v) is 6.72. The average Bonchev–Trinajstić information content (AvgIpc) is 3.12. The van der Waals surface area contributed by atoms with Gasteiger partial charge in [0.2, 0.25) is 0 Å². The Hall–Kier alpha value is -2.11. The molecule has 1 saturated carbocycles. The number of ether oxygens (including phenoxy) is 1. The lowest BCUT2D eigenvalue weighted by Crippen LogP contribution is -2.36. The number of anilines is 1. The monoisotopic (exact) mass is 314 g/mol. The van der Waals surface area contributed by atoms with Gasteiger partial charge in [-0.25, -0.2) is 9.97 Å². The Bertz CT molecular complexity index is 746. The molecule has 0 aromatic carbocycles. The molecular formula is C17H22N4O2. The summed E-state index contributed by atoms with van der Waals surface area (Å²) in [5.74, 6) is 1.10. The number of aromatic amines is 1. The number of hydrogen-bond donors (Lipinski definition) is 1. The van der Waals surface area contributed by atoms with Crippen LogP contribution in [0.1, 0.15) is 31.7 Å². The first-order valence-electron chi connectivity index (χ1n) is 8.32. The van der Waals surface area contributed by atoms with Gasteiger partial charge in [-0.2, -0.15) is 0 Å². The average molecular weight is 314 g/mol. The van der Waals surface area contributed by atoms with Gasteiger partial charge < -0.3 is 14.6 Å². The molecular weight excluding hydrogens is 292 g/mol. The predicted octanol–water partition coefficient (Wildman–Crippen LogP) is 2.30. The number of fused-ring (bicyclic) bond motifs is 1. The highest BCUT2D eigenvalue weighted by molar-refractivity contribution is 5.91. The van der Waals surface area contributed by atoms with E-state index in [1.54, 1.807) is 6.33 Å². The number of carbonyl (C=O) groups excluding carboxylic acids is 1. The minimum absolute atomic E-state index is 0.0400. The zero-order valence-electron chi connectivity index (χ0n) is 13.6. The number of methoxy groups -OCH3 is 1. The fourth-order valence-corrected chi connectivity index (χ4v) is 4.07. The molecule has 122 valence electrons. The molecule has 1 N–H and O–H groups in total. The van der Waals surface area contributed by atoms with Crippen molar-refractivity contribution >= 4 is 22.8 Å². The largest absolute Gasteiger partial charge is 0.469 e. The molecule has 2 aromatic heterocycles. The van der Waals surface area contributed by atoms with Crippen LogP contribution in [0.3, 0.4) is 0 Å². The van der Waals surface area contributed by atoms with Crippen LogP contribution in [-0.4, -0.2) is 41.1 Å². The Balaban J connectivity index is 1.56. The van der Waals surface area contributed by atoms with Crippen LogP contribution in [0.15, 0.2) is 12.5 Å². The van der Waals surface area contributed by atoms with Crippen LogP contribution in [0.2, 0.25) is 0 Å². The van der Waals surface area contributed by atoms with Gasteiger partial charge in [-0.1, -0.05) is 6.92 Å². The summed E-state index contributed by atoms with van der Waals surface area (Å²) in [4.78, 5) is 26.2. The van der Waals surface area contributed by atoms with Gasteiger partial charge in [-0.05, 0) is 36.7 Å². The molecule has 0 bridgehead atoms. The molecule has 1 aliphatic heterocycles. The summed E-state index contributed by atoms with van der Waals surface area (Å²) in [7, 11) is 1.49. The first-order valence-corrected chi connectivity index (χ1v) is 8.32. The highest BCUT2D eigenvalue weighted by Crippen LogP contribution is 2.60. The molecule has 2 aliphatic rings. The van der Waals surface area contributed by atoms with Gasteiger partial charge in [0.15, 0.2) is 0 Å². The topological polar surface area (TPSA) is 71.1 Å². The number of hydrogen-bond acceptors (Lipinski definition) is 5. The summed E-state index contributed by atoms with van der Waals surface area (Å²) in [6.45, 7) is 4.03. The predicted molar refractivity (Wildman–Crippen MR) is 87.3 cm³/mol. The Morgan fingerprint density at radius 2 is 2.22 bits per heavy atom. The summed E-state index contributed by atoms with van der Waals surface area (Å²) in [5.41, 5.74) is 2.35. The number of nitrogens with one attached hydrogen (secondary N) is 1. The van der Waals surface area contributed by atoms with Crippen molar-refractivity contribution in [1.29, 1.82) is 0 Å². The number of piperidine rings is 1. The van der Waals surface area contributed by atoms with Crippen molar-refractivity contribution in [3.8, 4) is 0 Å². The standard InChI is InChI=1S/C17H22N4O2/c1-3-11-9-18-14-13(11)15(20-10-19-14)21-6-4-17(5-7-21)8-12(17)16(22)23-2/h9-10,12H,3-8H2,1-2H3,(H,18,19,20). The lowest BCUT2D eigenvalue weighted by molar-refractivity contribution is -0.143. The Labute approximate surface area is 135 Å². The van der Waals surface area contributed by atoms with Crippen molar-refractivity contribution < 1.29 is 9.53 Å². The second kappa shape index (κ2) is 5.22. The van der Waals surface area contributed by atoms with E-state index in [1.807, 2.05) is 6.20 Å².